The zero-order valence-corrected chi connectivity index (χ0v) is 12.3. The van der Waals surface area contributed by atoms with E-state index in [2.05, 4.69) is 21.2 Å². The van der Waals surface area contributed by atoms with Gasteiger partial charge in [-0.25, -0.2) is 4.79 Å². The Hall–Kier alpha value is -2.41. The van der Waals surface area contributed by atoms with Crippen molar-refractivity contribution in [3.05, 3.63) is 68.2 Å². The molecule has 0 fully saturated rings. The van der Waals surface area contributed by atoms with E-state index in [4.69, 9.17) is 5.11 Å². The second kappa shape index (κ2) is 6.36. The molecular formula is C14H11BrN2O4. The number of anilines is 1. The second-order valence-electron chi connectivity index (χ2n) is 4.28. The van der Waals surface area contributed by atoms with Crippen LogP contribution in [0, 0.1) is 10.1 Å². The van der Waals surface area contributed by atoms with Gasteiger partial charge < -0.3 is 10.4 Å². The van der Waals surface area contributed by atoms with E-state index in [1.165, 1.54) is 18.2 Å². The largest absolute Gasteiger partial charge is 0.478 e. The summed E-state index contributed by atoms with van der Waals surface area (Å²) in [7, 11) is 0. The Bertz CT molecular complexity index is 703. The Morgan fingerprint density at radius 2 is 2.05 bits per heavy atom. The van der Waals surface area contributed by atoms with Crippen molar-refractivity contribution in [3.8, 4) is 0 Å². The number of carboxylic acid groups (broad SMARTS) is 1. The lowest BCUT2D eigenvalue weighted by molar-refractivity contribution is -0.384. The number of nitro benzene ring substituents is 1. The number of non-ortho nitro benzene ring substituents is 1. The van der Waals surface area contributed by atoms with E-state index < -0.39 is 10.9 Å². The summed E-state index contributed by atoms with van der Waals surface area (Å²) in [6.07, 6.45) is 0. The summed E-state index contributed by atoms with van der Waals surface area (Å²) >= 11 is 3.35. The third-order valence-corrected chi connectivity index (χ3v) is 3.31. The van der Waals surface area contributed by atoms with Gasteiger partial charge in [0.05, 0.1) is 16.2 Å². The normalized spacial score (nSPS) is 10.1. The minimum atomic E-state index is -1.14. The molecule has 0 saturated heterocycles. The molecule has 21 heavy (non-hydrogen) atoms. The molecule has 0 spiro atoms. The van der Waals surface area contributed by atoms with Crippen LogP contribution in [0.2, 0.25) is 0 Å². The van der Waals surface area contributed by atoms with Crippen LogP contribution in [-0.2, 0) is 6.54 Å². The average molecular weight is 351 g/mol. The van der Waals surface area contributed by atoms with E-state index in [0.717, 1.165) is 10.0 Å². The van der Waals surface area contributed by atoms with Crippen molar-refractivity contribution in [1.29, 1.82) is 0 Å². The molecule has 0 heterocycles. The van der Waals surface area contributed by atoms with Crippen molar-refractivity contribution in [2.75, 3.05) is 5.32 Å². The number of nitrogens with zero attached hydrogens (tertiary/aromatic N) is 1. The maximum atomic E-state index is 11.2. The molecule has 2 N–H and O–H groups in total. The molecule has 0 unspecified atom stereocenters. The molecule has 0 aromatic heterocycles. The highest BCUT2D eigenvalue weighted by atomic mass is 79.9. The van der Waals surface area contributed by atoms with Gasteiger partial charge in [-0.15, -0.1) is 0 Å². The molecule has 2 aromatic rings. The number of rotatable bonds is 5. The third-order valence-electron chi connectivity index (χ3n) is 2.82. The molecule has 108 valence electrons. The SMILES string of the molecule is O=C(O)c1ccc([N+](=O)[O-])cc1NCc1cccc(Br)c1. The quantitative estimate of drug-likeness (QED) is 0.633. The zero-order chi connectivity index (χ0) is 15.4. The predicted octanol–water partition coefficient (Wildman–Crippen LogP) is 3.67. The summed E-state index contributed by atoms with van der Waals surface area (Å²) in [5.74, 6) is -1.14. The van der Waals surface area contributed by atoms with Gasteiger partial charge in [0.2, 0.25) is 0 Å². The van der Waals surface area contributed by atoms with Gasteiger partial charge in [0, 0.05) is 23.2 Å². The maximum Gasteiger partial charge on any atom is 0.337 e. The average Bonchev–Trinajstić information content (AvgIpc) is 2.44. The zero-order valence-electron chi connectivity index (χ0n) is 10.7. The molecule has 0 amide bonds. The van der Waals surface area contributed by atoms with Gasteiger partial charge in [-0.1, -0.05) is 28.1 Å². The summed E-state index contributed by atoms with van der Waals surface area (Å²) in [5.41, 5.74) is 0.983. The molecule has 7 heteroatoms. The van der Waals surface area contributed by atoms with E-state index in [1.54, 1.807) is 0 Å². The van der Waals surface area contributed by atoms with Crippen LogP contribution in [0.15, 0.2) is 46.9 Å². The van der Waals surface area contributed by atoms with Crippen LogP contribution in [0.4, 0.5) is 11.4 Å². The summed E-state index contributed by atoms with van der Waals surface area (Å²) in [5, 5.41) is 22.8. The van der Waals surface area contributed by atoms with Crippen LogP contribution in [0.1, 0.15) is 15.9 Å². The molecule has 0 aliphatic heterocycles. The van der Waals surface area contributed by atoms with E-state index in [0.29, 0.717) is 6.54 Å². The number of nitrogens with one attached hydrogen (secondary N) is 1. The molecule has 0 radical (unpaired) electrons. The molecule has 0 aliphatic carbocycles. The highest BCUT2D eigenvalue weighted by Gasteiger charge is 2.15. The highest BCUT2D eigenvalue weighted by Crippen LogP contribution is 2.23. The molecule has 0 saturated carbocycles. The van der Waals surface area contributed by atoms with Gasteiger partial charge in [-0.2, -0.15) is 0 Å². The van der Waals surface area contributed by atoms with Crippen LogP contribution < -0.4 is 5.32 Å². The van der Waals surface area contributed by atoms with Crippen molar-refractivity contribution < 1.29 is 14.8 Å². The first-order chi connectivity index (χ1) is 9.97. The fourth-order valence-electron chi connectivity index (χ4n) is 1.82. The van der Waals surface area contributed by atoms with E-state index in [1.807, 2.05) is 24.3 Å². The molecular weight excluding hydrogens is 340 g/mol. The van der Waals surface area contributed by atoms with Crippen LogP contribution in [0.3, 0.4) is 0 Å². The number of hydrogen-bond donors (Lipinski definition) is 2. The lowest BCUT2D eigenvalue weighted by Gasteiger charge is -2.10. The van der Waals surface area contributed by atoms with Gasteiger partial charge in [0.25, 0.3) is 5.69 Å². The monoisotopic (exact) mass is 350 g/mol. The van der Waals surface area contributed by atoms with Gasteiger partial charge >= 0.3 is 5.97 Å². The first kappa shape index (κ1) is 15.0. The molecule has 0 bridgehead atoms. The number of carboxylic acids is 1. The number of carbonyl (C=O) groups is 1. The number of aromatic carboxylic acids is 1. The summed E-state index contributed by atoms with van der Waals surface area (Å²) in [4.78, 5) is 21.4. The number of benzene rings is 2. The first-order valence-electron chi connectivity index (χ1n) is 5.97. The van der Waals surface area contributed by atoms with E-state index in [9.17, 15) is 14.9 Å². The Kier molecular flexibility index (Phi) is 4.54. The second-order valence-corrected chi connectivity index (χ2v) is 5.19. The number of halogens is 1. The topological polar surface area (TPSA) is 92.5 Å². The molecule has 6 nitrogen and oxygen atoms in total. The standard InChI is InChI=1S/C14H11BrN2O4/c15-10-3-1-2-9(6-10)8-16-13-7-11(17(20)21)4-5-12(13)14(18)19/h1-7,16H,8H2,(H,18,19). The minimum absolute atomic E-state index is 0.00408. The fraction of sp³-hybridized carbons (Fsp3) is 0.0714. The van der Waals surface area contributed by atoms with Gasteiger partial charge in [-0.3, -0.25) is 10.1 Å². The van der Waals surface area contributed by atoms with Crippen LogP contribution >= 0.6 is 15.9 Å². The van der Waals surface area contributed by atoms with Crippen molar-refractivity contribution in [1.82, 2.24) is 0 Å². The summed E-state index contributed by atoms with van der Waals surface area (Å²) in [6, 6.07) is 11.1. The van der Waals surface area contributed by atoms with Crippen molar-refractivity contribution in [2.45, 2.75) is 6.54 Å². The molecule has 0 atom stereocenters. The van der Waals surface area contributed by atoms with Crippen LogP contribution in [0.25, 0.3) is 0 Å². The Balaban J connectivity index is 2.26. The smallest absolute Gasteiger partial charge is 0.337 e. The lowest BCUT2D eigenvalue weighted by atomic mass is 10.1. The first-order valence-corrected chi connectivity index (χ1v) is 6.76. The Morgan fingerprint density at radius 3 is 2.67 bits per heavy atom. The van der Waals surface area contributed by atoms with Crippen molar-refractivity contribution in [3.63, 3.8) is 0 Å². The molecule has 2 rings (SSSR count). The van der Waals surface area contributed by atoms with Gasteiger partial charge in [0.1, 0.15) is 0 Å². The van der Waals surface area contributed by atoms with Crippen LogP contribution in [-0.4, -0.2) is 16.0 Å². The predicted molar refractivity (Wildman–Crippen MR) is 81.5 cm³/mol. The number of hydrogen-bond acceptors (Lipinski definition) is 4. The van der Waals surface area contributed by atoms with Gasteiger partial charge in [0.15, 0.2) is 0 Å². The highest BCUT2D eigenvalue weighted by molar-refractivity contribution is 9.10. The van der Waals surface area contributed by atoms with E-state index in [-0.39, 0.29) is 16.9 Å². The maximum absolute atomic E-state index is 11.2. The van der Waals surface area contributed by atoms with Crippen molar-refractivity contribution in [2.24, 2.45) is 0 Å². The Morgan fingerprint density at radius 1 is 1.29 bits per heavy atom. The van der Waals surface area contributed by atoms with Crippen LogP contribution in [0.5, 0.6) is 0 Å². The third kappa shape index (κ3) is 3.79. The number of nitro groups is 1. The molecule has 0 aliphatic rings. The Labute approximate surface area is 128 Å². The minimum Gasteiger partial charge on any atom is -0.478 e. The van der Waals surface area contributed by atoms with Gasteiger partial charge in [-0.05, 0) is 23.8 Å². The van der Waals surface area contributed by atoms with Crippen molar-refractivity contribution >= 4 is 33.3 Å². The lowest BCUT2D eigenvalue weighted by Crippen LogP contribution is -2.07. The fourth-order valence-corrected chi connectivity index (χ4v) is 2.27. The summed E-state index contributed by atoms with van der Waals surface area (Å²) < 4.78 is 0.902. The van der Waals surface area contributed by atoms with E-state index >= 15 is 0 Å². The molecule has 2 aromatic carbocycles. The summed E-state index contributed by atoms with van der Waals surface area (Å²) in [6.45, 7) is 0.362.